The number of carbonyl (C=O) groups excluding carboxylic acids is 2. The molecule has 0 spiro atoms. The monoisotopic (exact) mass is 473 g/mol. The van der Waals surface area contributed by atoms with Gasteiger partial charge in [0.1, 0.15) is 6.04 Å². The van der Waals surface area contributed by atoms with E-state index in [2.05, 4.69) is 15.5 Å². The van der Waals surface area contributed by atoms with Gasteiger partial charge in [-0.3, -0.25) is 9.59 Å². The molecule has 1 unspecified atom stereocenters. The molecule has 2 amide bonds. The van der Waals surface area contributed by atoms with Crippen molar-refractivity contribution in [2.45, 2.75) is 50.6 Å². The average molecular weight is 474 g/mol. The van der Waals surface area contributed by atoms with Gasteiger partial charge in [0.05, 0.1) is 11.2 Å². The van der Waals surface area contributed by atoms with Crippen LogP contribution in [-0.2, 0) is 16.0 Å². The van der Waals surface area contributed by atoms with Crippen molar-refractivity contribution < 1.29 is 14.1 Å². The van der Waals surface area contributed by atoms with Gasteiger partial charge in [-0.25, -0.2) is 0 Å². The van der Waals surface area contributed by atoms with Gasteiger partial charge in [-0.05, 0) is 50.5 Å². The number of piperidine rings is 1. The summed E-state index contributed by atoms with van der Waals surface area (Å²) in [6.45, 7) is 4.47. The summed E-state index contributed by atoms with van der Waals surface area (Å²) >= 11 is 0. The number of nitrogens with one attached hydrogen (secondary N) is 2. The molecular formula is C27H31N5O3. The lowest BCUT2D eigenvalue weighted by Crippen LogP contribution is -2.57. The fourth-order valence-corrected chi connectivity index (χ4v) is 4.86. The maximum Gasteiger partial charge on any atom is 0.245 e. The van der Waals surface area contributed by atoms with E-state index in [-0.39, 0.29) is 17.7 Å². The largest absolute Gasteiger partial charge is 0.361 e. The van der Waals surface area contributed by atoms with Gasteiger partial charge < -0.3 is 25.5 Å². The van der Waals surface area contributed by atoms with E-state index in [0.717, 1.165) is 46.0 Å². The van der Waals surface area contributed by atoms with Crippen LogP contribution in [0, 0.1) is 0 Å². The Hall–Kier alpha value is -3.65. The molecule has 182 valence electrons. The van der Waals surface area contributed by atoms with Crippen LogP contribution in [0.2, 0.25) is 0 Å². The van der Waals surface area contributed by atoms with Crippen molar-refractivity contribution in [1.82, 2.24) is 20.4 Å². The van der Waals surface area contributed by atoms with Gasteiger partial charge in [0, 0.05) is 47.9 Å². The summed E-state index contributed by atoms with van der Waals surface area (Å²) in [7, 11) is 0. The molecule has 3 heterocycles. The Morgan fingerprint density at radius 2 is 1.83 bits per heavy atom. The standard InChI is InChI=1S/C27H31N5O3/c1-27(2,28)26(34)30-22(15-18-16-29-21-9-5-3-7-19(18)21)25(33)32-13-11-17(12-14-32)24-20-8-4-6-10-23(20)35-31-24/h3-10,16-17,22,29H,11-15,28H2,1-2H3,(H,30,34). The average Bonchev–Trinajstić information content (AvgIpc) is 3.47. The van der Waals surface area contributed by atoms with Crippen molar-refractivity contribution in [2.75, 3.05) is 13.1 Å². The minimum Gasteiger partial charge on any atom is -0.361 e. The maximum atomic E-state index is 13.7. The van der Waals surface area contributed by atoms with Gasteiger partial charge in [-0.1, -0.05) is 35.5 Å². The number of carbonyl (C=O) groups is 2. The number of benzene rings is 2. The van der Waals surface area contributed by atoms with E-state index in [1.165, 1.54) is 0 Å². The zero-order valence-electron chi connectivity index (χ0n) is 20.1. The molecule has 5 rings (SSSR count). The fraction of sp³-hybridized carbons (Fsp3) is 0.370. The Morgan fingerprint density at radius 3 is 2.57 bits per heavy atom. The summed E-state index contributed by atoms with van der Waals surface area (Å²) < 4.78 is 5.49. The van der Waals surface area contributed by atoms with Crippen molar-refractivity contribution in [1.29, 1.82) is 0 Å². The van der Waals surface area contributed by atoms with E-state index in [9.17, 15) is 9.59 Å². The first-order chi connectivity index (χ1) is 16.8. The number of likely N-dealkylation sites (tertiary alicyclic amines) is 1. The van der Waals surface area contributed by atoms with E-state index >= 15 is 0 Å². The lowest BCUT2D eigenvalue weighted by Gasteiger charge is -2.34. The normalized spacial score (nSPS) is 16.0. The number of aromatic nitrogens is 2. The first kappa shape index (κ1) is 23.1. The number of fused-ring (bicyclic) bond motifs is 2. The van der Waals surface area contributed by atoms with Gasteiger partial charge in [0.2, 0.25) is 11.8 Å². The second kappa shape index (κ2) is 9.19. The topological polar surface area (TPSA) is 117 Å². The van der Waals surface area contributed by atoms with Gasteiger partial charge in [0.15, 0.2) is 5.58 Å². The molecular weight excluding hydrogens is 442 g/mol. The maximum absolute atomic E-state index is 13.7. The zero-order valence-corrected chi connectivity index (χ0v) is 20.1. The van der Waals surface area contributed by atoms with E-state index < -0.39 is 11.6 Å². The van der Waals surface area contributed by atoms with Crippen molar-refractivity contribution in [2.24, 2.45) is 5.73 Å². The predicted octanol–water partition coefficient (Wildman–Crippen LogP) is 3.48. The van der Waals surface area contributed by atoms with E-state index in [1.807, 2.05) is 59.6 Å². The summed E-state index contributed by atoms with van der Waals surface area (Å²) in [6.07, 6.45) is 3.88. The quantitative estimate of drug-likeness (QED) is 0.396. The Kier molecular flexibility index (Phi) is 6.06. The highest BCUT2D eigenvalue weighted by molar-refractivity contribution is 5.92. The van der Waals surface area contributed by atoms with Gasteiger partial charge >= 0.3 is 0 Å². The third-order valence-electron chi connectivity index (χ3n) is 6.89. The highest BCUT2D eigenvalue weighted by Gasteiger charge is 2.34. The van der Waals surface area contributed by atoms with Crippen LogP contribution in [0.15, 0.2) is 59.3 Å². The van der Waals surface area contributed by atoms with Gasteiger partial charge in [-0.2, -0.15) is 0 Å². The highest BCUT2D eigenvalue weighted by atomic mass is 16.5. The molecule has 1 saturated heterocycles. The SMILES string of the molecule is CC(C)(N)C(=O)NC(Cc1c[nH]c2ccccc12)C(=O)N1CCC(c2noc3ccccc23)CC1. The molecule has 35 heavy (non-hydrogen) atoms. The van der Waals surface area contributed by atoms with Crippen molar-refractivity contribution in [3.8, 4) is 0 Å². The minimum atomic E-state index is -1.08. The number of para-hydroxylation sites is 2. The molecule has 1 atom stereocenters. The number of nitrogens with zero attached hydrogens (tertiary/aromatic N) is 2. The molecule has 1 aliphatic rings. The molecule has 1 fully saturated rings. The Morgan fingerprint density at radius 1 is 1.14 bits per heavy atom. The molecule has 2 aromatic heterocycles. The lowest BCUT2D eigenvalue weighted by molar-refractivity contribution is -0.138. The van der Waals surface area contributed by atoms with Crippen LogP contribution in [-0.4, -0.2) is 51.5 Å². The molecule has 0 bridgehead atoms. The van der Waals surface area contributed by atoms with Crippen LogP contribution in [0.4, 0.5) is 0 Å². The molecule has 8 heteroatoms. The second-order valence-corrected chi connectivity index (χ2v) is 9.97. The summed E-state index contributed by atoms with van der Waals surface area (Å²) in [5.74, 6) is -0.205. The number of hydrogen-bond donors (Lipinski definition) is 3. The smallest absolute Gasteiger partial charge is 0.245 e. The van der Waals surface area contributed by atoms with E-state index in [0.29, 0.717) is 19.5 Å². The lowest BCUT2D eigenvalue weighted by atomic mass is 9.91. The molecule has 1 aliphatic heterocycles. The Bertz CT molecular complexity index is 1360. The van der Waals surface area contributed by atoms with E-state index in [4.69, 9.17) is 10.3 Å². The summed E-state index contributed by atoms with van der Waals surface area (Å²) in [5.41, 5.74) is 8.67. The van der Waals surface area contributed by atoms with Crippen molar-refractivity contribution in [3.05, 3.63) is 66.0 Å². The highest BCUT2D eigenvalue weighted by Crippen LogP contribution is 2.32. The second-order valence-electron chi connectivity index (χ2n) is 9.97. The summed E-state index contributed by atoms with van der Waals surface area (Å²) in [5, 5.41) is 9.32. The number of hydrogen-bond acceptors (Lipinski definition) is 5. The fourth-order valence-electron chi connectivity index (χ4n) is 4.86. The molecule has 2 aromatic carbocycles. The first-order valence-corrected chi connectivity index (χ1v) is 12.1. The zero-order chi connectivity index (χ0) is 24.6. The molecule has 0 aliphatic carbocycles. The van der Waals surface area contributed by atoms with Gasteiger partial charge in [0.25, 0.3) is 0 Å². The van der Waals surface area contributed by atoms with Crippen LogP contribution < -0.4 is 11.1 Å². The molecule has 4 N–H and O–H groups in total. The molecule has 0 saturated carbocycles. The number of amides is 2. The van der Waals surface area contributed by atoms with Crippen molar-refractivity contribution in [3.63, 3.8) is 0 Å². The first-order valence-electron chi connectivity index (χ1n) is 12.1. The molecule has 4 aromatic rings. The van der Waals surface area contributed by atoms with Crippen LogP contribution in [0.25, 0.3) is 21.9 Å². The Labute approximate surface area is 203 Å². The summed E-state index contributed by atoms with van der Waals surface area (Å²) in [4.78, 5) is 31.5. The third kappa shape index (κ3) is 4.66. The Balaban J connectivity index is 1.33. The number of H-pyrrole nitrogens is 1. The number of aromatic amines is 1. The van der Waals surface area contributed by atoms with Gasteiger partial charge in [-0.15, -0.1) is 0 Å². The number of nitrogens with two attached hydrogens (primary N) is 1. The predicted molar refractivity (Wildman–Crippen MR) is 135 cm³/mol. The van der Waals surface area contributed by atoms with Crippen molar-refractivity contribution >= 4 is 33.7 Å². The summed E-state index contributed by atoms with van der Waals surface area (Å²) in [6, 6.07) is 15.1. The minimum absolute atomic E-state index is 0.0867. The molecule has 8 nitrogen and oxygen atoms in total. The van der Waals surface area contributed by atoms with Crippen LogP contribution >= 0.6 is 0 Å². The molecule has 0 radical (unpaired) electrons. The van der Waals surface area contributed by atoms with Crippen LogP contribution in [0.1, 0.15) is 43.9 Å². The van der Waals surface area contributed by atoms with Crippen LogP contribution in [0.5, 0.6) is 0 Å². The number of rotatable bonds is 6. The van der Waals surface area contributed by atoms with E-state index in [1.54, 1.807) is 13.8 Å². The van der Waals surface area contributed by atoms with Crippen LogP contribution in [0.3, 0.4) is 0 Å². The third-order valence-corrected chi connectivity index (χ3v) is 6.89.